The lowest BCUT2D eigenvalue weighted by molar-refractivity contribution is 0.0416. The number of methoxy groups -OCH3 is 1. The SMILES string of the molecule is CCC=CCONC(=O)c1nc(-c2ccc(Cl)c(OC)c2F)cc(N)c1Cl. The number of nitrogens with one attached hydrogen (secondary N) is 1. The van der Waals surface area contributed by atoms with Crippen molar-refractivity contribution in [3.8, 4) is 17.0 Å². The van der Waals surface area contributed by atoms with Gasteiger partial charge in [0, 0.05) is 5.56 Å². The second-order valence-corrected chi connectivity index (χ2v) is 6.11. The molecule has 144 valence electrons. The molecular formula is C18H18Cl2FN3O3. The average Bonchev–Trinajstić information content (AvgIpc) is 2.64. The Morgan fingerprint density at radius 3 is 2.78 bits per heavy atom. The average molecular weight is 414 g/mol. The van der Waals surface area contributed by atoms with Crippen molar-refractivity contribution in [2.75, 3.05) is 19.5 Å². The Bertz CT molecular complexity index is 875. The minimum absolute atomic E-state index is 0.0560. The summed E-state index contributed by atoms with van der Waals surface area (Å²) in [5, 5.41) is 0.0393. The van der Waals surface area contributed by atoms with Gasteiger partial charge in [0.2, 0.25) is 0 Å². The van der Waals surface area contributed by atoms with Crippen LogP contribution in [0.25, 0.3) is 11.3 Å². The third-order valence-electron chi connectivity index (χ3n) is 3.48. The van der Waals surface area contributed by atoms with Gasteiger partial charge in [0.1, 0.15) is 0 Å². The van der Waals surface area contributed by atoms with Crippen LogP contribution in [0, 0.1) is 5.82 Å². The Balaban J connectivity index is 2.36. The zero-order valence-electron chi connectivity index (χ0n) is 14.7. The maximum Gasteiger partial charge on any atom is 0.295 e. The van der Waals surface area contributed by atoms with Gasteiger partial charge >= 0.3 is 0 Å². The number of nitrogens with zero attached hydrogens (tertiary/aromatic N) is 1. The standard InChI is InChI=1S/C18H18Cl2FN3O3/c1-3-4-5-8-27-24-18(25)16-14(20)12(22)9-13(23-16)10-6-7-11(19)17(26-2)15(10)21/h4-7,9H,3,8H2,1-2H3,(H2,22,23)(H,24,25). The summed E-state index contributed by atoms with van der Waals surface area (Å²) in [4.78, 5) is 21.4. The van der Waals surface area contributed by atoms with Gasteiger partial charge in [-0.25, -0.2) is 14.9 Å². The number of anilines is 1. The molecule has 0 unspecified atom stereocenters. The van der Waals surface area contributed by atoms with Gasteiger partial charge in [-0.05, 0) is 24.6 Å². The highest BCUT2D eigenvalue weighted by Gasteiger charge is 2.21. The van der Waals surface area contributed by atoms with Crippen molar-refractivity contribution in [3.63, 3.8) is 0 Å². The quantitative estimate of drug-likeness (QED) is 0.398. The fraction of sp³-hybridized carbons (Fsp3) is 0.222. The number of nitrogen functional groups attached to an aromatic ring is 1. The summed E-state index contributed by atoms with van der Waals surface area (Å²) in [7, 11) is 1.29. The summed E-state index contributed by atoms with van der Waals surface area (Å²) < 4.78 is 19.6. The number of pyridine rings is 1. The summed E-state index contributed by atoms with van der Waals surface area (Å²) in [6, 6.07) is 4.22. The molecule has 0 aliphatic rings. The van der Waals surface area contributed by atoms with Gasteiger partial charge in [-0.2, -0.15) is 0 Å². The number of allylic oxidation sites excluding steroid dienone is 1. The Morgan fingerprint density at radius 2 is 2.11 bits per heavy atom. The third kappa shape index (κ3) is 4.88. The van der Waals surface area contributed by atoms with E-state index >= 15 is 0 Å². The second-order valence-electron chi connectivity index (χ2n) is 5.32. The number of carbonyl (C=O) groups is 1. The van der Waals surface area contributed by atoms with Crippen LogP contribution >= 0.6 is 23.2 Å². The number of hydrogen-bond acceptors (Lipinski definition) is 5. The molecule has 0 aliphatic carbocycles. The van der Waals surface area contributed by atoms with Crippen molar-refractivity contribution in [2.24, 2.45) is 0 Å². The van der Waals surface area contributed by atoms with E-state index in [0.717, 1.165) is 6.42 Å². The van der Waals surface area contributed by atoms with E-state index in [9.17, 15) is 9.18 Å². The topological polar surface area (TPSA) is 86.5 Å². The molecule has 0 saturated heterocycles. The molecular weight excluding hydrogens is 396 g/mol. The van der Waals surface area contributed by atoms with Gasteiger partial charge in [-0.3, -0.25) is 9.63 Å². The molecule has 0 atom stereocenters. The zero-order valence-corrected chi connectivity index (χ0v) is 16.2. The number of ether oxygens (including phenoxy) is 1. The highest BCUT2D eigenvalue weighted by atomic mass is 35.5. The van der Waals surface area contributed by atoms with E-state index in [2.05, 4.69) is 10.5 Å². The first kappa shape index (κ1) is 21.0. The van der Waals surface area contributed by atoms with Gasteiger partial charge < -0.3 is 10.5 Å². The number of hydroxylamine groups is 1. The lowest BCUT2D eigenvalue weighted by atomic mass is 10.1. The fourth-order valence-corrected chi connectivity index (χ4v) is 2.60. The van der Waals surface area contributed by atoms with E-state index in [1.54, 1.807) is 6.08 Å². The molecule has 2 aromatic rings. The third-order valence-corrected chi connectivity index (χ3v) is 4.17. The number of benzene rings is 1. The lowest BCUT2D eigenvalue weighted by Gasteiger charge is -2.12. The maximum atomic E-state index is 14.6. The number of aromatic nitrogens is 1. The smallest absolute Gasteiger partial charge is 0.295 e. The molecule has 0 aliphatic heterocycles. The molecule has 1 heterocycles. The summed E-state index contributed by atoms with van der Waals surface area (Å²) in [6.45, 7) is 2.15. The summed E-state index contributed by atoms with van der Waals surface area (Å²) in [6.07, 6.45) is 4.47. The zero-order chi connectivity index (χ0) is 20.0. The Kier molecular flexibility index (Phi) is 7.41. The van der Waals surface area contributed by atoms with Gasteiger partial charge in [-0.1, -0.05) is 42.3 Å². The van der Waals surface area contributed by atoms with Crippen LogP contribution in [0.3, 0.4) is 0 Å². The molecule has 0 bridgehead atoms. The first-order chi connectivity index (χ1) is 12.9. The van der Waals surface area contributed by atoms with Crippen molar-refractivity contribution in [2.45, 2.75) is 13.3 Å². The molecule has 1 aromatic heterocycles. The van der Waals surface area contributed by atoms with Crippen LogP contribution in [-0.2, 0) is 4.84 Å². The van der Waals surface area contributed by atoms with Crippen LogP contribution in [0.4, 0.5) is 10.1 Å². The van der Waals surface area contributed by atoms with E-state index in [0.29, 0.717) is 0 Å². The van der Waals surface area contributed by atoms with Crippen molar-refractivity contribution < 1.29 is 18.8 Å². The summed E-state index contributed by atoms with van der Waals surface area (Å²) in [5.74, 6) is -1.58. The van der Waals surface area contributed by atoms with Crippen LogP contribution in [0.2, 0.25) is 10.0 Å². The maximum absolute atomic E-state index is 14.6. The summed E-state index contributed by atoms with van der Waals surface area (Å²) in [5.41, 5.74) is 8.10. The van der Waals surface area contributed by atoms with Crippen LogP contribution in [-0.4, -0.2) is 24.6 Å². The lowest BCUT2D eigenvalue weighted by Crippen LogP contribution is -2.25. The molecule has 0 fully saturated rings. The van der Waals surface area contributed by atoms with E-state index in [1.807, 2.05) is 13.0 Å². The summed E-state index contributed by atoms with van der Waals surface area (Å²) >= 11 is 12.0. The molecule has 2 rings (SSSR count). The van der Waals surface area contributed by atoms with Crippen molar-refractivity contribution >= 4 is 34.8 Å². The largest absolute Gasteiger partial charge is 0.492 e. The highest BCUT2D eigenvalue weighted by molar-refractivity contribution is 6.36. The molecule has 6 nitrogen and oxygen atoms in total. The molecule has 0 spiro atoms. The van der Waals surface area contributed by atoms with E-state index in [1.165, 1.54) is 25.3 Å². The van der Waals surface area contributed by atoms with Gasteiger partial charge in [-0.15, -0.1) is 0 Å². The first-order valence-electron chi connectivity index (χ1n) is 7.96. The van der Waals surface area contributed by atoms with Gasteiger partial charge in [0.05, 0.1) is 35.1 Å². The van der Waals surface area contributed by atoms with Crippen LogP contribution < -0.4 is 16.0 Å². The van der Waals surface area contributed by atoms with Crippen molar-refractivity contribution in [1.82, 2.24) is 10.5 Å². The van der Waals surface area contributed by atoms with E-state index < -0.39 is 11.7 Å². The number of rotatable bonds is 7. The Morgan fingerprint density at radius 1 is 1.37 bits per heavy atom. The molecule has 0 radical (unpaired) electrons. The first-order valence-corrected chi connectivity index (χ1v) is 8.71. The van der Waals surface area contributed by atoms with E-state index in [-0.39, 0.29) is 45.0 Å². The fourth-order valence-electron chi connectivity index (χ4n) is 2.19. The highest BCUT2D eigenvalue weighted by Crippen LogP contribution is 2.36. The number of carbonyl (C=O) groups excluding carboxylic acids is 1. The number of amides is 1. The molecule has 27 heavy (non-hydrogen) atoms. The predicted molar refractivity (Wildman–Crippen MR) is 103 cm³/mol. The van der Waals surface area contributed by atoms with Gasteiger partial charge in [0.25, 0.3) is 5.91 Å². The molecule has 0 saturated carbocycles. The van der Waals surface area contributed by atoms with E-state index in [4.69, 9.17) is 38.5 Å². The monoisotopic (exact) mass is 413 g/mol. The van der Waals surface area contributed by atoms with Gasteiger partial charge in [0.15, 0.2) is 17.3 Å². The number of nitrogens with two attached hydrogens (primary N) is 1. The van der Waals surface area contributed by atoms with Crippen LogP contribution in [0.5, 0.6) is 5.75 Å². The molecule has 1 aromatic carbocycles. The van der Waals surface area contributed by atoms with Crippen molar-refractivity contribution in [3.05, 3.63) is 51.9 Å². The van der Waals surface area contributed by atoms with Crippen LogP contribution in [0.15, 0.2) is 30.4 Å². The second kappa shape index (κ2) is 9.55. The number of halogens is 3. The Hall–Kier alpha value is -2.35. The molecule has 1 amide bonds. The number of hydrogen-bond donors (Lipinski definition) is 2. The molecule has 3 N–H and O–H groups in total. The predicted octanol–water partition coefficient (Wildman–Crippen LogP) is 4.41. The van der Waals surface area contributed by atoms with Crippen molar-refractivity contribution in [1.29, 1.82) is 0 Å². The Labute approximate surface area is 166 Å². The van der Waals surface area contributed by atoms with Crippen LogP contribution in [0.1, 0.15) is 23.8 Å². The minimum atomic E-state index is -0.730. The minimum Gasteiger partial charge on any atom is -0.492 e. The molecule has 9 heteroatoms. The normalized spacial score (nSPS) is 11.0.